The Balaban J connectivity index is 1.87. The van der Waals surface area contributed by atoms with Gasteiger partial charge in [-0.2, -0.15) is 0 Å². The van der Waals surface area contributed by atoms with E-state index in [0.717, 1.165) is 6.42 Å². The minimum atomic E-state index is -0.731. The summed E-state index contributed by atoms with van der Waals surface area (Å²) in [6, 6.07) is 23.9. The van der Waals surface area contributed by atoms with Crippen LogP contribution in [0, 0.1) is 13.8 Å². The molecule has 0 aliphatic rings. The number of aliphatic carboxylic acids is 1. The van der Waals surface area contributed by atoms with Crippen molar-refractivity contribution in [1.29, 1.82) is 0 Å². The Labute approximate surface area is 165 Å². The van der Waals surface area contributed by atoms with Gasteiger partial charge in [0, 0.05) is 6.42 Å². The van der Waals surface area contributed by atoms with Gasteiger partial charge in [0.1, 0.15) is 0 Å². The topological polar surface area (TPSA) is 37.3 Å². The van der Waals surface area contributed by atoms with E-state index in [1.165, 1.54) is 49.4 Å². The molecule has 0 spiro atoms. The number of fused-ring (bicyclic) bond motifs is 2. The molecule has 0 saturated carbocycles. The number of carboxylic acid groups (broad SMARTS) is 1. The highest BCUT2D eigenvalue weighted by Gasteiger charge is 2.13. The van der Waals surface area contributed by atoms with Crippen molar-refractivity contribution in [3.05, 3.63) is 83.4 Å². The van der Waals surface area contributed by atoms with Gasteiger partial charge in [-0.15, -0.1) is 0 Å². The highest BCUT2D eigenvalue weighted by molar-refractivity contribution is 6.07. The van der Waals surface area contributed by atoms with Crippen molar-refractivity contribution in [3.8, 4) is 11.1 Å². The third kappa shape index (κ3) is 3.38. The van der Waals surface area contributed by atoms with Gasteiger partial charge in [0.15, 0.2) is 0 Å². The van der Waals surface area contributed by atoms with Crippen molar-refractivity contribution in [1.82, 2.24) is 0 Å². The molecule has 0 atom stereocenters. The molecule has 2 nitrogen and oxygen atoms in total. The average Bonchev–Trinajstić information content (AvgIpc) is 2.68. The van der Waals surface area contributed by atoms with E-state index in [1.54, 1.807) is 0 Å². The molecule has 28 heavy (non-hydrogen) atoms. The smallest absolute Gasteiger partial charge is 0.303 e. The molecule has 2 heteroatoms. The van der Waals surface area contributed by atoms with E-state index < -0.39 is 5.97 Å². The summed E-state index contributed by atoms with van der Waals surface area (Å²) in [5.74, 6) is -0.731. The molecule has 0 amide bonds. The fourth-order valence-electron chi connectivity index (χ4n) is 4.13. The van der Waals surface area contributed by atoms with Crippen molar-refractivity contribution < 1.29 is 9.90 Å². The summed E-state index contributed by atoms with van der Waals surface area (Å²) in [6.07, 6.45) is 1.67. The van der Waals surface area contributed by atoms with Crippen LogP contribution in [0.4, 0.5) is 0 Å². The van der Waals surface area contributed by atoms with Gasteiger partial charge in [-0.05, 0) is 76.1 Å². The van der Waals surface area contributed by atoms with Gasteiger partial charge in [0.05, 0.1) is 0 Å². The van der Waals surface area contributed by atoms with E-state index in [1.807, 2.05) is 0 Å². The SMILES string of the molecule is Cc1ccc2ccccc2c1-c1c(C)ccc2cc(CCCC(=O)O)ccc12. The molecule has 4 aromatic carbocycles. The van der Waals surface area contributed by atoms with Crippen LogP contribution in [0.2, 0.25) is 0 Å². The molecule has 4 aromatic rings. The van der Waals surface area contributed by atoms with Crippen LogP contribution in [0.3, 0.4) is 0 Å². The normalized spacial score (nSPS) is 11.2. The average molecular weight is 368 g/mol. The van der Waals surface area contributed by atoms with E-state index in [2.05, 4.69) is 80.6 Å². The monoisotopic (exact) mass is 368 g/mol. The van der Waals surface area contributed by atoms with Crippen molar-refractivity contribution >= 4 is 27.5 Å². The van der Waals surface area contributed by atoms with Crippen LogP contribution in [-0.2, 0) is 11.2 Å². The molecule has 0 aliphatic carbocycles. The highest BCUT2D eigenvalue weighted by atomic mass is 16.4. The predicted molar refractivity (Wildman–Crippen MR) is 117 cm³/mol. The molecule has 0 bridgehead atoms. The summed E-state index contributed by atoms with van der Waals surface area (Å²) in [5, 5.41) is 13.9. The van der Waals surface area contributed by atoms with E-state index >= 15 is 0 Å². The Morgan fingerprint density at radius 2 is 1.43 bits per heavy atom. The molecule has 0 unspecified atom stereocenters. The summed E-state index contributed by atoms with van der Waals surface area (Å²) >= 11 is 0. The summed E-state index contributed by atoms with van der Waals surface area (Å²) in [7, 11) is 0. The van der Waals surface area contributed by atoms with E-state index in [4.69, 9.17) is 5.11 Å². The second-order valence-corrected chi connectivity index (χ2v) is 7.54. The zero-order chi connectivity index (χ0) is 19.7. The van der Waals surface area contributed by atoms with Gasteiger partial charge < -0.3 is 5.11 Å². The van der Waals surface area contributed by atoms with Crippen LogP contribution in [0.5, 0.6) is 0 Å². The third-order valence-electron chi connectivity index (χ3n) is 5.54. The Morgan fingerprint density at radius 3 is 2.14 bits per heavy atom. The van der Waals surface area contributed by atoms with Crippen LogP contribution in [-0.4, -0.2) is 11.1 Å². The number of hydrogen-bond donors (Lipinski definition) is 1. The number of rotatable bonds is 5. The van der Waals surface area contributed by atoms with Crippen molar-refractivity contribution in [2.75, 3.05) is 0 Å². The Kier molecular flexibility index (Phi) is 4.87. The lowest BCUT2D eigenvalue weighted by atomic mass is 9.87. The van der Waals surface area contributed by atoms with Crippen LogP contribution in [0.25, 0.3) is 32.7 Å². The molecule has 140 valence electrons. The van der Waals surface area contributed by atoms with Gasteiger partial charge in [0.25, 0.3) is 0 Å². The molecule has 4 rings (SSSR count). The van der Waals surface area contributed by atoms with E-state index in [-0.39, 0.29) is 6.42 Å². The number of aryl methyl sites for hydroxylation is 3. The Hall–Kier alpha value is -3.13. The van der Waals surface area contributed by atoms with Crippen molar-refractivity contribution in [3.63, 3.8) is 0 Å². The first-order valence-electron chi connectivity index (χ1n) is 9.77. The van der Waals surface area contributed by atoms with Crippen LogP contribution in [0.15, 0.2) is 66.7 Å². The quantitative estimate of drug-likeness (QED) is 0.426. The summed E-state index contributed by atoms with van der Waals surface area (Å²) in [6.45, 7) is 4.36. The molecular formula is C26H24O2. The third-order valence-corrected chi connectivity index (χ3v) is 5.54. The van der Waals surface area contributed by atoms with Gasteiger partial charge >= 0.3 is 5.97 Å². The minimum absolute atomic E-state index is 0.215. The number of hydrogen-bond acceptors (Lipinski definition) is 1. The first-order valence-corrected chi connectivity index (χ1v) is 9.77. The highest BCUT2D eigenvalue weighted by Crippen LogP contribution is 2.38. The maximum atomic E-state index is 10.8. The van der Waals surface area contributed by atoms with Gasteiger partial charge in [-0.3, -0.25) is 4.79 Å². The molecule has 1 N–H and O–H groups in total. The summed E-state index contributed by atoms with van der Waals surface area (Å²) in [5.41, 5.74) is 6.34. The Morgan fingerprint density at radius 1 is 0.786 bits per heavy atom. The molecule has 0 aliphatic heterocycles. The zero-order valence-electron chi connectivity index (χ0n) is 16.3. The van der Waals surface area contributed by atoms with E-state index in [0.29, 0.717) is 6.42 Å². The lowest BCUT2D eigenvalue weighted by Crippen LogP contribution is -1.96. The Bertz CT molecular complexity index is 1190. The predicted octanol–water partition coefficient (Wildman–Crippen LogP) is 6.68. The molecule has 0 heterocycles. The zero-order valence-corrected chi connectivity index (χ0v) is 16.3. The summed E-state index contributed by atoms with van der Waals surface area (Å²) in [4.78, 5) is 10.8. The van der Waals surface area contributed by atoms with Crippen LogP contribution >= 0.6 is 0 Å². The number of carbonyl (C=O) groups is 1. The lowest BCUT2D eigenvalue weighted by Gasteiger charge is -2.17. The first-order chi connectivity index (χ1) is 13.5. The largest absolute Gasteiger partial charge is 0.481 e. The van der Waals surface area contributed by atoms with E-state index in [9.17, 15) is 4.79 Å². The van der Waals surface area contributed by atoms with Crippen molar-refractivity contribution in [2.24, 2.45) is 0 Å². The lowest BCUT2D eigenvalue weighted by molar-refractivity contribution is -0.137. The second kappa shape index (κ2) is 7.47. The summed E-state index contributed by atoms with van der Waals surface area (Å²) < 4.78 is 0. The molecule has 0 aromatic heterocycles. The first kappa shape index (κ1) is 18.2. The fourth-order valence-corrected chi connectivity index (χ4v) is 4.13. The van der Waals surface area contributed by atoms with Crippen LogP contribution in [0.1, 0.15) is 29.5 Å². The maximum Gasteiger partial charge on any atom is 0.303 e. The molecule has 0 fully saturated rings. The molecule has 0 saturated heterocycles. The second-order valence-electron chi connectivity index (χ2n) is 7.54. The number of benzene rings is 4. The van der Waals surface area contributed by atoms with Gasteiger partial charge in [-0.25, -0.2) is 0 Å². The molecule has 0 radical (unpaired) electrons. The van der Waals surface area contributed by atoms with Crippen molar-refractivity contribution in [2.45, 2.75) is 33.1 Å². The van der Waals surface area contributed by atoms with Gasteiger partial charge in [-0.1, -0.05) is 66.7 Å². The maximum absolute atomic E-state index is 10.8. The standard InChI is InChI=1S/C26H24O2/c1-17-10-13-20-7-3-4-8-22(20)25(17)26-18(2)11-14-21-16-19(12-15-23(21)26)6-5-9-24(27)28/h3-4,7-8,10-16H,5-6,9H2,1-2H3,(H,27,28). The van der Waals surface area contributed by atoms with Crippen LogP contribution < -0.4 is 0 Å². The minimum Gasteiger partial charge on any atom is -0.481 e. The molecular weight excluding hydrogens is 344 g/mol. The fraction of sp³-hybridized carbons (Fsp3) is 0.192. The van der Waals surface area contributed by atoms with Gasteiger partial charge in [0.2, 0.25) is 0 Å². The number of carboxylic acids is 1.